The third-order valence-electron chi connectivity index (χ3n) is 5.84. The molecule has 1 fully saturated rings. The van der Waals surface area contributed by atoms with Crippen molar-refractivity contribution in [2.24, 2.45) is 10.4 Å². The number of nitrogens with zero attached hydrogens (tertiary/aromatic N) is 1. The standard InChI is InChI=1S/C22H34N4O2.HI/c1-5-24-20(25-15-21(2,3)19(27)23-4)26-17-14-22(12-8-9-13-22)28-18-11-7-6-10-16(17)18;/h6-7,10-11,17H,5,8-9,12-15H2,1-4H3,(H,23,27)(H2,24,25,26);1H. The van der Waals surface area contributed by atoms with Gasteiger partial charge in [0, 0.05) is 25.6 Å². The van der Waals surface area contributed by atoms with Crippen LogP contribution < -0.4 is 20.7 Å². The molecule has 1 saturated carbocycles. The zero-order chi connectivity index (χ0) is 20.2. The van der Waals surface area contributed by atoms with Gasteiger partial charge < -0.3 is 20.7 Å². The van der Waals surface area contributed by atoms with Crippen LogP contribution in [0, 0.1) is 5.41 Å². The summed E-state index contributed by atoms with van der Waals surface area (Å²) in [6.07, 6.45) is 5.60. The van der Waals surface area contributed by atoms with Crippen molar-refractivity contribution in [1.29, 1.82) is 0 Å². The summed E-state index contributed by atoms with van der Waals surface area (Å²) in [5.41, 5.74) is 0.554. The molecular weight excluding hydrogens is 479 g/mol. The lowest BCUT2D eigenvalue weighted by Gasteiger charge is -2.40. The van der Waals surface area contributed by atoms with Crippen molar-refractivity contribution in [2.75, 3.05) is 20.1 Å². The third-order valence-corrected chi connectivity index (χ3v) is 5.84. The molecule has 0 saturated heterocycles. The Morgan fingerprint density at radius 2 is 1.97 bits per heavy atom. The number of para-hydroxylation sites is 1. The van der Waals surface area contributed by atoms with Gasteiger partial charge in [-0.3, -0.25) is 9.79 Å². The summed E-state index contributed by atoms with van der Waals surface area (Å²) in [6.45, 7) is 7.06. The Morgan fingerprint density at radius 1 is 1.28 bits per heavy atom. The molecule has 7 heteroatoms. The van der Waals surface area contributed by atoms with Crippen LogP contribution in [-0.4, -0.2) is 37.6 Å². The number of nitrogens with one attached hydrogen (secondary N) is 3. The summed E-state index contributed by atoms with van der Waals surface area (Å²) in [6, 6.07) is 8.44. The van der Waals surface area contributed by atoms with Crippen LogP contribution in [0.25, 0.3) is 0 Å². The van der Waals surface area contributed by atoms with Crippen molar-refractivity contribution >= 4 is 35.8 Å². The van der Waals surface area contributed by atoms with Gasteiger partial charge in [-0.15, -0.1) is 24.0 Å². The van der Waals surface area contributed by atoms with Crippen LogP contribution in [0.15, 0.2) is 29.3 Å². The lowest BCUT2D eigenvalue weighted by atomic mass is 9.86. The number of benzene rings is 1. The first-order valence-corrected chi connectivity index (χ1v) is 10.4. The Bertz CT molecular complexity index is 729. The van der Waals surface area contributed by atoms with E-state index in [9.17, 15) is 4.79 Å². The molecule has 3 N–H and O–H groups in total. The van der Waals surface area contributed by atoms with Gasteiger partial charge in [-0.25, -0.2) is 0 Å². The van der Waals surface area contributed by atoms with Gasteiger partial charge >= 0.3 is 0 Å². The minimum atomic E-state index is -0.558. The van der Waals surface area contributed by atoms with Crippen molar-refractivity contribution < 1.29 is 9.53 Å². The minimum Gasteiger partial charge on any atom is -0.487 e. The summed E-state index contributed by atoms with van der Waals surface area (Å²) in [5, 5.41) is 9.68. The number of hydrogen-bond donors (Lipinski definition) is 3. The molecule has 6 nitrogen and oxygen atoms in total. The molecule has 1 heterocycles. The van der Waals surface area contributed by atoms with Crippen LogP contribution in [0.1, 0.15) is 64.5 Å². The van der Waals surface area contributed by atoms with Gasteiger partial charge in [0.1, 0.15) is 11.4 Å². The summed E-state index contributed by atoms with van der Waals surface area (Å²) in [4.78, 5) is 16.8. The summed E-state index contributed by atoms with van der Waals surface area (Å²) in [7, 11) is 1.66. The van der Waals surface area contributed by atoms with Crippen LogP contribution in [-0.2, 0) is 4.79 Å². The molecule has 0 bridgehead atoms. The Labute approximate surface area is 191 Å². The highest BCUT2D eigenvalue weighted by Crippen LogP contribution is 2.46. The SMILES string of the molecule is CCNC(=NCC(C)(C)C(=O)NC)NC1CC2(CCCC2)Oc2ccccc21.I. The van der Waals surface area contributed by atoms with Gasteiger partial charge in [-0.2, -0.15) is 0 Å². The van der Waals surface area contributed by atoms with E-state index in [1.807, 2.05) is 19.9 Å². The largest absolute Gasteiger partial charge is 0.487 e. The van der Waals surface area contributed by atoms with Crippen LogP contribution >= 0.6 is 24.0 Å². The molecule has 0 radical (unpaired) electrons. The number of rotatable bonds is 5. The average molecular weight is 514 g/mol. The van der Waals surface area contributed by atoms with E-state index >= 15 is 0 Å². The molecule has 162 valence electrons. The fraction of sp³-hybridized carbons (Fsp3) is 0.636. The van der Waals surface area contributed by atoms with Gasteiger partial charge in [-0.05, 0) is 52.5 Å². The number of amides is 1. The number of halogens is 1. The van der Waals surface area contributed by atoms with Gasteiger partial charge in [-0.1, -0.05) is 18.2 Å². The number of carbonyl (C=O) groups excluding carboxylic acids is 1. The quantitative estimate of drug-likeness (QED) is 0.318. The Balaban J connectivity index is 0.00000300. The Kier molecular flexibility index (Phi) is 8.19. The van der Waals surface area contributed by atoms with Crippen molar-refractivity contribution in [3.63, 3.8) is 0 Å². The number of hydrogen-bond acceptors (Lipinski definition) is 3. The van der Waals surface area contributed by atoms with Gasteiger partial charge in [0.25, 0.3) is 0 Å². The molecule has 1 aromatic carbocycles. The topological polar surface area (TPSA) is 74.8 Å². The predicted octanol–water partition coefficient (Wildman–Crippen LogP) is 3.77. The van der Waals surface area contributed by atoms with E-state index in [1.165, 1.54) is 18.4 Å². The van der Waals surface area contributed by atoms with Crippen molar-refractivity contribution in [3.05, 3.63) is 29.8 Å². The minimum absolute atomic E-state index is 0. The number of guanidine groups is 1. The first-order valence-electron chi connectivity index (χ1n) is 10.4. The molecule has 1 atom stereocenters. The fourth-order valence-electron chi connectivity index (χ4n) is 4.24. The maximum atomic E-state index is 12.1. The normalized spacial score (nSPS) is 20.3. The maximum Gasteiger partial charge on any atom is 0.227 e. The van der Waals surface area contributed by atoms with E-state index in [0.717, 1.165) is 37.5 Å². The molecule has 29 heavy (non-hydrogen) atoms. The van der Waals surface area contributed by atoms with E-state index in [-0.39, 0.29) is 41.5 Å². The molecule has 2 aliphatic rings. The van der Waals surface area contributed by atoms with Crippen LogP contribution in [0.3, 0.4) is 0 Å². The predicted molar refractivity (Wildman–Crippen MR) is 128 cm³/mol. The molecule has 1 aliphatic heterocycles. The molecule has 1 aliphatic carbocycles. The summed E-state index contributed by atoms with van der Waals surface area (Å²) < 4.78 is 6.46. The second kappa shape index (κ2) is 10.00. The van der Waals surface area contributed by atoms with Crippen molar-refractivity contribution in [3.8, 4) is 5.75 Å². The van der Waals surface area contributed by atoms with E-state index in [2.05, 4.69) is 41.1 Å². The van der Waals surface area contributed by atoms with Crippen molar-refractivity contribution in [1.82, 2.24) is 16.0 Å². The van der Waals surface area contributed by atoms with E-state index in [4.69, 9.17) is 9.73 Å². The molecule has 1 amide bonds. The maximum absolute atomic E-state index is 12.1. The van der Waals surface area contributed by atoms with E-state index in [1.54, 1.807) is 7.05 Å². The second-order valence-electron chi connectivity index (χ2n) is 8.59. The lowest BCUT2D eigenvalue weighted by molar-refractivity contribution is -0.128. The number of carbonyl (C=O) groups is 1. The van der Waals surface area contributed by atoms with Crippen LogP contribution in [0.4, 0.5) is 0 Å². The molecule has 3 rings (SSSR count). The first kappa shape index (κ1) is 23.8. The van der Waals surface area contributed by atoms with E-state index < -0.39 is 5.41 Å². The number of fused-ring (bicyclic) bond motifs is 1. The molecule has 0 aromatic heterocycles. The Hall–Kier alpha value is -1.51. The molecular formula is C22H35IN4O2. The number of ether oxygens (including phenoxy) is 1. The Morgan fingerprint density at radius 3 is 2.62 bits per heavy atom. The zero-order valence-electron chi connectivity index (χ0n) is 18.0. The highest BCUT2D eigenvalue weighted by Gasteiger charge is 2.43. The van der Waals surface area contributed by atoms with Crippen LogP contribution in [0.2, 0.25) is 0 Å². The smallest absolute Gasteiger partial charge is 0.227 e. The second-order valence-corrected chi connectivity index (χ2v) is 8.59. The van der Waals surface area contributed by atoms with Gasteiger partial charge in [0.2, 0.25) is 5.91 Å². The molecule has 1 unspecified atom stereocenters. The highest BCUT2D eigenvalue weighted by molar-refractivity contribution is 14.0. The van der Waals surface area contributed by atoms with E-state index in [0.29, 0.717) is 6.54 Å². The number of aliphatic imine (C=N–C) groups is 1. The summed E-state index contributed by atoms with van der Waals surface area (Å²) in [5.74, 6) is 1.72. The average Bonchev–Trinajstić information content (AvgIpc) is 3.13. The van der Waals surface area contributed by atoms with Gasteiger partial charge in [0.05, 0.1) is 18.0 Å². The highest BCUT2D eigenvalue weighted by atomic mass is 127. The van der Waals surface area contributed by atoms with Crippen molar-refractivity contribution in [2.45, 2.75) is 64.5 Å². The summed E-state index contributed by atoms with van der Waals surface area (Å²) >= 11 is 0. The third kappa shape index (κ3) is 5.55. The zero-order valence-corrected chi connectivity index (χ0v) is 20.3. The van der Waals surface area contributed by atoms with Crippen LogP contribution in [0.5, 0.6) is 5.75 Å². The van der Waals surface area contributed by atoms with Gasteiger partial charge in [0.15, 0.2) is 5.96 Å². The first-order chi connectivity index (χ1) is 13.4. The lowest BCUT2D eigenvalue weighted by Crippen LogP contribution is -2.47. The fourth-order valence-corrected chi connectivity index (χ4v) is 4.24. The monoisotopic (exact) mass is 514 g/mol. The molecule has 1 spiro atoms. The molecule has 1 aromatic rings.